The summed E-state index contributed by atoms with van der Waals surface area (Å²) in [6.07, 6.45) is 6.79. The van der Waals surface area contributed by atoms with Crippen LogP contribution in [0.2, 0.25) is 0 Å². The molecule has 2 aliphatic rings. The zero-order chi connectivity index (χ0) is 20.1. The van der Waals surface area contributed by atoms with Gasteiger partial charge in [0.1, 0.15) is 0 Å². The lowest BCUT2D eigenvalue weighted by Gasteiger charge is -2.32. The summed E-state index contributed by atoms with van der Waals surface area (Å²) in [5.41, 5.74) is 1.02. The van der Waals surface area contributed by atoms with Crippen molar-refractivity contribution in [3.63, 3.8) is 0 Å². The Hall–Kier alpha value is -0.870. The van der Waals surface area contributed by atoms with E-state index in [4.69, 9.17) is 0 Å². The third kappa shape index (κ3) is 7.40. The van der Waals surface area contributed by atoms with E-state index in [0.29, 0.717) is 17.5 Å². The molecule has 29 heavy (non-hydrogen) atoms. The molecule has 2 aliphatic carbocycles. The molecule has 0 saturated heterocycles. The van der Waals surface area contributed by atoms with Gasteiger partial charge in [0.2, 0.25) is 10.0 Å². The van der Waals surface area contributed by atoms with E-state index in [9.17, 15) is 8.42 Å². The lowest BCUT2D eigenvalue weighted by atomic mass is 9.80. The third-order valence-electron chi connectivity index (χ3n) is 5.87. The first kappa shape index (κ1) is 24.4. The van der Waals surface area contributed by atoms with Crippen LogP contribution in [-0.4, -0.2) is 33.5 Å². The van der Waals surface area contributed by atoms with E-state index in [2.05, 4.69) is 34.2 Å². The van der Waals surface area contributed by atoms with Crippen molar-refractivity contribution in [2.45, 2.75) is 75.9 Å². The summed E-state index contributed by atoms with van der Waals surface area (Å²) in [7, 11) is -1.60. The molecule has 0 bridgehead atoms. The van der Waals surface area contributed by atoms with Crippen molar-refractivity contribution >= 4 is 40.0 Å². The SMILES string of the molecule is CN=C(NCc1ccc(S(=O)(=O)NC2CC2)cc1)NC1CCC(C(C)C)CC1.I. The first-order valence-corrected chi connectivity index (χ1v) is 11.9. The van der Waals surface area contributed by atoms with Gasteiger partial charge >= 0.3 is 0 Å². The van der Waals surface area contributed by atoms with Crippen LogP contribution in [0.3, 0.4) is 0 Å². The van der Waals surface area contributed by atoms with Crippen LogP contribution in [0.1, 0.15) is 57.9 Å². The van der Waals surface area contributed by atoms with Crippen molar-refractivity contribution in [1.82, 2.24) is 15.4 Å². The predicted octanol–water partition coefficient (Wildman–Crippen LogP) is 3.63. The second-order valence-corrected chi connectivity index (χ2v) is 10.2. The molecule has 2 fully saturated rings. The van der Waals surface area contributed by atoms with Crippen LogP contribution < -0.4 is 15.4 Å². The Morgan fingerprint density at radius 3 is 2.14 bits per heavy atom. The molecule has 2 saturated carbocycles. The number of guanidine groups is 1. The van der Waals surface area contributed by atoms with E-state index < -0.39 is 10.0 Å². The zero-order valence-electron chi connectivity index (χ0n) is 17.6. The predicted molar refractivity (Wildman–Crippen MR) is 129 cm³/mol. The molecule has 0 aromatic heterocycles. The number of sulfonamides is 1. The minimum Gasteiger partial charge on any atom is -0.354 e. The van der Waals surface area contributed by atoms with Gasteiger partial charge in [-0.1, -0.05) is 26.0 Å². The van der Waals surface area contributed by atoms with E-state index >= 15 is 0 Å². The molecule has 164 valence electrons. The van der Waals surface area contributed by atoms with Gasteiger partial charge in [0.05, 0.1) is 4.90 Å². The standard InChI is InChI=1S/C21H34N4O2S.HI/c1-15(2)17-6-8-18(9-7-17)24-21(22-3)23-14-16-4-12-20(13-5-16)28(26,27)25-19-10-11-19;/h4-5,12-13,15,17-19,25H,6-11,14H2,1-3H3,(H2,22,23,24);1H. The van der Waals surface area contributed by atoms with Crippen LogP contribution in [0.25, 0.3) is 0 Å². The highest BCUT2D eigenvalue weighted by atomic mass is 127. The highest BCUT2D eigenvalue weighted by Gasteiger charge is 2.28. The summed E-state index contributed by atoms with van der Waals surface area (Å²) in [4.78, 5) is 4.66. The normalized spacial score (nSPS) is 22.8. The number of rotatable bonds is 7. The van der Waals surface area contributed by atoms with Gasteiger partial charge < -0.3 is 10.6 Å². The summed E-state index contributed by atoms with van der Waals surface area (Å²) in [5, 5.41) is 6.87. The number of halogens is 1. The Morgan fingerprint density at radius 2 is 1.62 bits per heavy atom. The van der Waals surface area contributed by atoms with Gasteiger partial charge in [0, 0.05) is 25.7 Å². The topological polar surface area (TPSA) is 82.6 Å². The molecule has 1 aromatic rings. The number of benzene rings is 1. The number of aliphatic imine (C=N–C) groups is 1. The summed E-state index contributed by atoms with van der Waals surface area (Å²) >= 11 is 0. The number of hydrogen-bond acceptors (Lipinski definition) is 3. The number of nitrogens with zero attached hydrogens (tertiary/aromatic N) is 1. The Labute approximate surface area is 192 Å². The summed E-state index contributed by atoms with van der Waals surface area (Å²) in [6, 6.07) is 7.65. The maximum Gasteiger partial charge on any atom is 0.240 e. The molecule has 3 N–H and O–H groups in total. The molecular formula is C21H35IN4O2S. The molecule has 8 heteroatoms. The smallest absolute Gasteiger partial charge is 0.240 e. The van der Waals surface area contributed by atoms with Crippen molar-refractivity contribution in [2.24, 2.45) is 16.8 Å². The van der Waals surface area contributed by atoms with Crippen molar-refractivity contribution in [2.75, 3.05) is 7.05 Å². The van der Waals surface area contributed by atoms with Crippen molar-refractivity contribution < 1.29 is 8.42 Å². The fourth-order valence-electron chi connectivity index (χ4n) is 3.78. The number of hydrogen-bond donors (Lipinski definition) is 3. The van der Waals surface area contributed by atoms with Crippen LogP contribution >= 0.6 is 24.0 Å². The molecule has 0 atom stereocenters. The van der Waals surface area contributed by atoms with Gasteiger partial charge in [-0.3, -0.25) is 4.99 Å². The Kier molecular flexibility index (Phi) is 9.21. The van der Waals surface area contributed by atoms with E-state index in [-0.39, 0.29) is 30.0 Å². The third-order valence-corrected chi connectivity index (χ3v) is 7.41. The minimum atomic E-state index is -3.39. The van der Waals surface area contributed by atoms with Gasteiger partial charge in [-0.05, 0) is 68.1 Å². The van der Waals surface area contributed by atoms with Gasteiger partial charge in [-0.2, -0.15) is 0 Å². The molecule has 6 nitrogen and oxygen atoms in total. The lowest BCUT2D eigenvalue weighted by molar-refractivity contribution is 0.250. The molecule has 0 heterocycles. The molecule has 0 radical (unpaired) electrons. The van der Waals surface area contributed by atoms with Crippen LogP contribution in [0.4, 0.5) is 0 Å². The van der Waals surface area contributed by atoms with Crippen LogP contribution in [0.15, 0.2) is 34.2 Å². The maximum atomic E-state index is 12.2. The molecular weight excluding hydrogens is 499 g/mol. The van der Waals surface area contributed by atoms with Crippen LogP contribution in [0.5, 0.6) is 0 Å². The summed E-state index contributed by atoms with van der Waals surface area (Å²) in [6.45, 7) is 5.24. The Balaban J connectivity index is 0.00000300. The molecule has 0 spiro atoms. The van der Waals surface area contributed by atoms with E-state index in [1.54, 1.807) is 19.2 Å². The van der Waals surface area contributed by atoms with Crippen molar-refractivity contribution in [3.8, 4) is 0 Å². The van der Waals surface area contributed by atoms with Crippen molar-refractivity contribution in [1.29, 1.82) is 0 Å². The van der Waals surface area contributed by atoms with Gasteiger partial charge in [-0.25, -0.2) is 13.1 Å². The van der Waals surface area contributed by atoms with E-state index in [1.807, 2.05) is 12.1 Å². The molecule has 0 unspecified atom stereocenters. The van der Waals surface area contributed by atoms with Crippen LogP contribution in [0, 0.1) is 11.8 Å². The highest BCUT2D eigenvalue weighted by Crippen LogP contribution is 2.29. The molecule has 3 rings (SSSR count). The largest absolute Gasteiger partial charge is 0.354 e. The Morgan fingerprint density at radius 1 is 1.03 bits per heavy atom. The quantitative estimate of drug-likeness (QED) is 0.284. The Bertz CT molecular complexity index is 768. The van der Waals surface area contributed by atoms with Gasteiger partial charge in [0.25, 0.3) is 0 Å². The monoisotopic (exact) mass is 534 g/mol. The fourth-order valence-corrected chi connectivity index (χ4v) is 5.08. The molecule has 0 aliphatic heterocycles. The summed E-state index contributed by atoms with van der Waals surface area (Å²) < 4.78 is 27.2. The zero-order valence-corrected chi connectivity index (χ0v) is 20.8. The number of nitrogens with one attached hydrogen (secondary N) is 3. The fraction of sp³-hybridized carbons (Fsp3) is 0.667. The maximum absolute atomic E-state index is 12.2. The first-order valence-electron chi connectivity index (χ1n) is 10.5. The second-order valence-electron chi connectivity index (χ2n) is 8.47. The van der Waals surface area contributed by atoms with Crippen LogP contribution in [-0.2, 0) is 16.6 Å². The molecule has 1 aromatic carbocycles. The first-order chi connectivity index (χ1) is 13.4. The highest BCUT2D eigenvalue weighted by molar-refractivity contribution is 14.0. The van der Waals surface area contributed by atoms with E-state index in [1.165, 1.54) is 25.7 Å². The second kappa shape index (κ2) is 10.9. The van der Waals surface area contributed by atoms with Crippen molar-refractivity contribution in [3.05, 3.63) is 29.8 Å². The average molecular weight is 535 g/mol. The van der Waals surface area contributed by atoms with Gasteiger partial charge in [0.15, 0.2) is 5.96 Å². The van der Waals surface area contributed by atoms with E-state index in [0.717, 1.165) is 36.2 Å². The summed E-state index contributed by atoms with van der Waals surface area (Å²) in [5.74, 6) is 2.42. The van der Waals surface area contributed by atoms with Gasteiger partial charge in [-0.15, -0.1) is 24.0 Å². The molecule has 0 amide bonds. The minimum absolute atomic E-state index is 0. The average Bonchev–Trinajstić information content (AvgIpc) is 3.49. The lowest BCUT2D eigenvalue weighted by Crippen LogP contribution is -2.44.